The first kappa shape index (κ1) is 18.4. The largest absolute Gasteiger partial charge is 0.508 e. The molecule has 4 atom stereocenters. The number of rotatable bonds is 3. The first-order valence-corrected chi connectivity index (χ1v) is 10.1. The molecule has 3 aromatic carbocycles. The third-order valence-corrected chi connectivity index (χ3v) is 6.17. The number of nitrogens with zero attached hydrogens (tertiary/aromatic N) is 1. The van der Waals surface area contributed by atoms with Crippen LogP contribution in [0, 0.1) is 11.8 Å². The van der Waals surface area contributed by atoms with Gasteiger partial charge < -0.3 is 5.11 Å². The van der Waals surface area contributed by atoms with Gasteiger partial charge in [0.25, 0.3) is 0 Å². The van der Waals surface area contributed by atoms with E-state index in [2.05, 4.69) is 12.2 Å². The van der Waals surface area contributed by atoms with Gasteiger partial charge in [-0.25, -0.2) is 4.90 Å². The average Bonchev–Trinajstić information content (AvgIpc) is 3.06. The maximum Gasteiger partial charge on any atom is 0.238 e. The number of aromatic hydroxyl groups is 1. The van der Waals surface area contributed by atoms with Crippen molar-refractivity contribution >= 4 is 17.5 Å². The number of anilines is 1. The molecule has 4 heteroatoms. The molecule has 1 aliphatic heterocycles. The first-order valence-electron chi connectivity index (χ1n) is 10.1. The highest BCUT2D eigenvalue weighted by atomic mass is 16.3. The first-order chi connectivity index (χ1) is 14.6. The topological polar surface area (TPSA) is 57.6 Å². The molecule has 1 fully saturated rings. The Morgan fingerprint density at radius 2 is 1.03 bits per heavy atom. The minimum absolute atomic E-state index is 0.0984. The van der Waals surface area contributed by atoms with Crippen molar-refractivity contribution in [2.45, 2.75) is 11.8 Å². The van der Waals surface area contributed by atoms with Gasteiger partial charge in [0.2, 0.25) is 11.8 Å². The summed E-state index contributed by atoms with van der Waals surface area (Å²) in [7, 11) is 0. The number of fused-ring (bicyclic) bond motifs is 1. The van der Waals surface area contributed by atoms with Crippen molar-refractivity contribution in [3.05, 3.63) is 108 Å². The molecule has 2 amide bonds. The highest BCUT2D eigenvalue weighted by Crippen LogP contribution is 2.50. The van der Waals surface area contributed by atoms with E-state index >= 15 is 0 Å². The maximum absolute atomic E-state index is 13.6. The fraction of sp³-hybridized carbons (Fsp3) is 0.154. The van der Waals surface area contributed by atoms with E-state index in [0.717, 1.165) is 11.1 Å². The molecule has 1 heterocycles. The lowest BCUT2D eigenvalue weighted by molar-refractivity contribution is -0.122. The number of imide groups is 1. The van der Waals surface area contributed by atoms with Crippen LogP contribution < -0.4 is 4.90 Å². The van der Waals surface area contributed by atoms with Gasteiger partial charge in [0.05, 0.1) is 17.5 Å². The molecular formula is C26H21NO3. The number of allylic oxidation sites excluding steroid dienone is 2. The molecule has 0 aromatic heterocycles. The highest BCUT2D eigenvalue weighted by molar-refractivity contribution is 6.23. The van der Waals surface area contributed by atoms with Crippen molar-refractivity contribution in [3.8, 4) is 5.75 Å². The van der Waals surface area contributed by atoms with Crippen molar-refractivity contribution in [2.75, 3.05) is 4.90 Å². The minimum atomic E-state index is -0.469. The lowest BCUT2D eigenvalue weighted by atomic mass is 9.68. The SMILES string of the molecule is O=C1C2C(c3ccccc3)C=CC(c3ccccc3)C2C(=O)N1c1ccc(O)cc1. The van der Waals surface area contributed by atoms with Gasteiger partial charge in [-0.05, 0) is 35.4 Å². The van der Waals surface area contributed by atoms with E-state index in [9.17, 15) is 14.7 Å². The summed E-state index contributed by atoms with van der Waals surface area (Å²) < 4.78 is 0. The molecular weight excluding hydrogens is 374 g/mol. The maximum atomic E-state index is 13.6. The Morgan fingerprint density at radius 1 is 0.600 bits per heavy atom. The zero-order valence-corrected chi connectivity index (χ0v) is 16.3. The number of benzene rings is 3. The summed E-state index contributed by atoms with van der Waals surface area (Å²) in [5.74, 6) is -1.52. The Balaban J connectivity index is 1.63. The fourth-order valence-corrected chi connectivity index (χ4v) is 4.79. The molecule has 1 aliphatic carbocycles. The Labute approximate surface area is 175 Å². The van der Waals surface area contributed by atoms with Crippen molar-refractivity contribution < 1.29 is 14.7 Å². The quantitative estimate of drug-likeness (QED) is 0.519. The van der Waals surface area contributed by atoms with E-state index in [1.165, 1.54) is 17.0 Å². The van der Waals surface area contributed by atoms with Gasteiger partial charge in [-0.15, -0.1) is 0 Å². The summed E-state index contributed by atoms with van der Waals surface area (Å²) in [5, 5.41) is 9.62. The normalized spacial score (nSPS) is 25.4. The number of phenolic OH excluding ortho intramolecular Hbond substituents is 1. The van der Waals surface area contributed by atoms with Gasteiger partial charge in [0, 0.05) is 11.8 Å². The molecule has 30 heavy (non-hydrogen) atoms. The van der Waals surface area contributed by atoms with E-state index < -0.39 is 11.8 Å². The van der Waals surface area contributed by atoms with Crippen molar-refractivity contribution in [2.24, 2.45) is 11.8 Å². The molecule has 1 saturated heterocycles. The summed E-state index contributed by atoms with van der Waals surface area (Å²) in [6, 6.07) is 26.0. The van der Waals surface area contributed by atoms with E-state index in [1.54, 1.807) is 12.1 Å². The van der Waals surface area contributed by atoms with Crippen LogP contribution in [0.25, 0.3) is 0 Å². The molecule has 0 spiro atoms. The van der Waals surface area contributed by atoms with Gasteiger partial charge in [-0.3, -0.25) is 9.59 Å². The van der Waals surface area contributed by atoms with Crippen LogP contribution in [0.3, 0.4) is 0 Å². The molecule has 1 N–H and O–H groups in total. The molecule has 0 saturated carbocycles. The molecule has 3 aromatic rings. The monoisotopic (exact) mass is 395 g/mol. The fourth-order valence-electron chi connectivity index (χ4n) is 4.79. The Bertz CT molecular complexity index is 1040. The predicted octanol–water partition coefficient (Wildman–Crippen LogP) is 4.64. The van der Waals surface area contributed by atoms with Crippen molar-refractivity contribution in [3.63, 3.8) is 0 Å². The number of hydrogen-bond acceptors (Lipinski definition) is 3. The van der Waals surface area contributed by atoms with Gasteiger partial charge in [0.15, 0.2) is 0 Å². The summed E-state index contributed by atoms with van der Waals surface area (Å²) in [5.41, 5.74) is 2.56. The Morgan fingerprint density at radius 3 is 1.47 bits per heavy atom. The van der Waals surface area contributed by atoms with Crippen LogP contribution in [0.1, 0.15) is 23.0 Å². The molecule has 148 valence electrons. The molecule has 5 rings (SSSR count). The molecule has 0 bridgehead atoms. The summed E-state index contributed by atoms with van der Waals surface area (Å²) in [4.78, 5) is 28.5. The van der Waals surface area contributed by atoms with E-state index in [4.69, 9.17) is 0 Å². The van der Waals surface area contributed by atoms with Crippen LogP contribution >= 0.6 is 0 Å². The van der Waals surface area contributed by atoms with Crippen LogP contribution in [0.2, 0.25) is 0 Å². The zero-order chi connectivity index (χ0) is 20.7. The third kappa shape index (κ3) is 2.92. The zero-order valence-electron chi connectivity index (χ0n) is 16.3. The smallest absolute Gasteiger partial charge is 0.238 e. The van der Waals surface area contributed by atoms with Crippen molar-refractivity contribution in [1.29, 1.82) is 0 Å². The molecule has 4 unspecified atom stereocenters. The third-order valence-electron chi connectivity index (χ3n) is 6.17. The second kappa shape index (κ2) is 7.30. The summed E-state index contributed by atoms with van der Waals surface area (Å²) >= 11 is 0. The lowest BCUT2D eigenvalue weighted by Crippen LogP contribution is -2.31. The van der Waals surface area contributed by atoms with Crippen LogP contribution in [-0.2, 0) is 9.59 Å². The van der Waals surface area contributed by atoms with Crippen LogP contribution in [-0.4, -0.2) is 16.9 Å². The number of hydrogen-bond donors (Lipinski definition) is 1. The van der Waals surface area contributed by atoms with Crippen molar-refractivity contribution in [1.82, 2.24) is 0 Å². The van der Waals surface area contributed by atoms with Gasteiger partial charge in [-0.2, -0.15) is 0 Å². The standard InChI is InChI=1S/C26H21NO3/c28-20-13-11-19(12-14-20)27-25(29)23-21(17-7-3-1-4-8-17)15-16-22(24(23)26(27)30)18-9-5-2-6-10-18/h1-16,21-24,28H. The highest BCUT2D eigenvalue weighted by Gasteiger charge is 2.55. The minimum Gasteiger partial charge on any atom is -0.508 e. The van der Waals surface area contributed by atoms with E-state index in [1.807, 2.05) is 60.7 Å². The Kier molecular flexibility index (Phi) is 4.47. The number of carbonyl (C=O) groups is 2. The van der Waals surface area contributed by atoms with E-state index in [0.29, 0.717) is 5.69 Å². The Hall–Kier alpha value is -3.66. The van der Waals surface area contributed by atoms with Crippen LogP contribution in [0.5, 0.6) is 5.75 Å². The second-order valence-corrected chi connectivity index (χ2v) is 7.84. The lowest BCUT2D eigenvalue weighted by Gasteiger charge is -2.32. The van der Waals surface area contributed by atoms with Gasteiger partial charge >= 0.3 is 0 Å². The molecule has 0 radical (unpaired) electrons. The second-order valence-electron chi connectivity index (χ2n) is 7.84. The number of amides is 2. The molecule has 2 aliphatic rings. The van der Waals surface area contributed by atoms with E-state index in [-0.39, 0.29) is 29.4 Å². The summed E-state index contributed by atoms with van der Waals surface area (Å²) in [6.07, 6.45) is 4.17. The number of phenols is 1. The average molecular weight is 395 g/mol. The summed E-state index contributed by atoms with van der Waals surface area (Å²) in [6.45, 7) is 0. The predicted molar refractivity (Wildman–Crippen MR) is 115 cm³/mol. The number of carbonyl (C=O) groups excluding carboxylic acids is 2. The van der Waals surface area contributed by atoms with Crippen LogP contribution in [0.4, 0.5) is 5.69 Å². The van der Waals surface area contributed by atoms with Gasteiger partial charge in [0.1, 0.15) is 5.75 Å². The van der Waals surface area contributed by atoms with Gasteiger partial charge in [-0.1, -0.05) is 72.8 Å². The molecule has 4 nitrogen and oxygen atoms in total. The van der Waals surface area contributed by atoms with Crippen LogP contribution in [0.15, 0.2) is 97.1 Å².